The van der Waals surface area contributed by atoms with Crippen LogP contribution in [0.15, 0.2) is 0 Å². The lowest BCUT2D eigenvalue weighted by atomic mass is 10.3. The standard InChI is InChI=1S/C10H19N5O2S/c1-4-18(16,17)6-5-12-9-7(2)10(15-11)14-8(3)13-9/h4-6,11H2,1-3H3,(H2,12,13,14,15). The van der Waals surface area contributed by atoms with E-state index >= 15 is 0 Å². The first kappa shape index (κ1) is 14.7. The molecule has 0 aliphatic carbocycles. The Balaban J connectivity index is 2.76. The molecule has 0 amide bonds. The van der Waals surface area contributed by atoms with E-state index in [0.29, 0.717) is 24.0 Å². The molecule has 0 fully saturated rings. The van der Waals surface area contributed by atoms with Crippen LogP contribution in [0.4, 0.5) is 11.6 Å². The maximum atomic E-state index is 11.4. The third-order valence-corrected chi connectivity index (χ3v) is 4.25. The van der Waals surface area contributed by atoms with E-state index in [-0.39, 0.29) is 11.5 Å². The van der Waals surface area contributed by atoms with Crippen molar-refractivity contribution in [3.8, 4) is 0 Å². The van der Waals surface area contributed by atoms with E-state index in [1.54, 1.807) is 13.8 Å². The van der Waals surface area contributed by atoms with Crippen LogP contribution in [-0.2, 0) is 9.84 Å². The molecule has 1 heterocycles. The first-order valence-electron chi connectivity index (χ1n) is 5.65. The van der Waals surface area contributed by atoms with Crippen molar-refractivity contribution < 1.29 is 8.42 Å². The normalized spacial score (nSPS) is 11.3. The van der Waals surface area contributed by atoms with Crippen LogP contribution in [-0.4, -0.2) is 36.4 Å². The Bertz CT molecular complexity index is 515. The summed E-state index contributed by atoms with van der Waals surface area (Å²) in [5.41, 5.74) is 3.25. The van der Waals surface area contributed by atoms with Gasteiger partial charge in [-0.1, -0.05) is 6.92 Å². The van der Waals surface area contributed by atoms with Crippen molar-refractivity contribution in [1.82, 2.24) is 9.97 Å². The summed E-state index contributed by atoms with van der Waals surface area (Å²) in [6.45, 7) is 5.50. The lowest BCUT2D eigenvalue weighted by molar-refractivity contribution is 0.597. The lowest BCUT2D eigenvalue weighted by Crippen LogP contribution is -2.19. The monoisotopic (exact) mass is 273 g/mol. The van der Waals surface area contributed by atoms with Gasteiger partial charge in [0.2, 0.25) is 0 Å². The van der Waals surface area contributed by atoms with Crippen molar-refractivity contribution >= 4 is 21.5 Å². The summed E-state index contributed by atoms with van der Waals surface area (Å²) in [7, 11) is -2.97. The molecule has 0 aromatic carbocycles. The molecule has 0 atom stereocenters. The number of hydrazine groups is 1. The number of aryl methyl sites for hydroxylation is 1. The fraction of sp³-hybridized carbons (Fsp3) is 0.600. The summed E-state index contributed by atoms with van der Waals surface area (Å²) >= 11 is 0. The van der Waals surface area contributed by atoms with Gasteiger partial charge in [-0.3, -0.25) is 0 Å². The van der Waals surface area contributed by atoms with Crippen LogP contribution < -0.4 is 16.6 Å². The summed E-state index contributed by atoms with van der Waals surface area (Å²) in [6, 6.07) is 0. The van der Waals surface area contributed by atoms with E-state index in [1.807, 2.05) is 6.92 Å². The Hall–Kier alpha value is -1.41. The second-order valence-corrected chi connectivity index (χ2v) is 6.37. The van der Waals surface area contributed by atoms with Crippen LogP contribution in [0.25, 0.3) is 0 Å². The van der Waals surface area contributed by atoms with E-state index < -0.39 is 9.84 Å². The predicted octanol–water partition coefficient (Wildman–Crippen LogP) is 0.226. The number of nitrogens with one attached hydrogen (secondary N) is 2. The number of nitrogen functional groups attached to an aromatic ring is 1. The number of sulfone groups is 1. The summed E-state index contributed by atoms with van der Waals surface area (Å²) < 4.78 is 22.7. The fourth-order valence-corrected chi connectivity index (χ4v) is 2.11. The number of nitrogens with zero attached hydrogens (tertiary/aromatic N) is 2. The molecule has 7 nitrogen and oxygen atoms in total. The molecule has 0 spiro atoms. The number of nitrogens with two attached hydrogens (primary N) is 1. The van der Waals surface area contributed by atoms with E-state index in [4.69, 9.17) is 5.84 Å². The molecule has 4 N–H and O–H groups in total. The number of aromatic nitrogens is 2. The first-order chi connectivity index (χ1) is 8.39. The second-order valence-electron chi connectivity index (χ2n) is 3.90. The first-order valence-corrected chi connectivity index (χ1v) is 7.48. The van der Waals surface area contributed by atoms with Gasteiger partial charge in [0.25, 0.3) is 0 Å². The third kappa shape index (κ3) is 3.81. The summed E-state index contributed by atoms with van der Waals surface area (Å²) in [5.74, 6) is 7.26. The van der Waals surface area contributed by atoms with Crippen LogP contribution in [0.5, 0.6) is 0 Å². The highest BCUT2D eigenvalue weighted by molar-refractivity contribution is 7.91. The third-order valence-electron chi connectivity index (χ3n) is 2.54. The van der Waals surface area contributed by atoms with Gasteiger partial charge in [-0.2, -0.15) is 0 Å². The minimum Gasteiger partial charge on any atom is -0.369 e. The zero-order chi connectivity index (χ0) is 13.8. The molecule has 1 aromatic rings. The molecular weight excluding hydrogens is 254 g/mol. The van der Waals surface area contributed by atoms with E-state index in [2.05, 4.69) is 20.7 Å². The van der Waals surface area contributed by atoms with Crippen molar-refractivity contribution in [1.29, 1.82) is 0 Å². The topological polar surface area (TPSA) is 110 Å². The van der Waals surface area contributed by atoms with Gasteiger partial charge in [0.1, 0.15) is 17.5 Å². The van der Waals surface area contributed by atoms with Crippen molar-refractivity contribution in [3.63, 3.8) is 0 Å². The van der Waals surface area contributed by atoms with Gasteiger partial charge in [0.15, 0.2) is 9.84 Å². The average Bonchev–Trinajstić information content (AvgIpc) is 2.33. The summed E-state index contributed by atoms with van der Waals surface area (Å²) in [4.78, 5) is 8.33. The number of anilines is 2. The van der Waals surface area contributed by atoms with Gasteiger partial charge in [0, 0.05) is 17.9 Å². The Kier molecular flexibility index (Phi) is 4.85. The van der Waals surface area contributed by atoms with Crippen LogP contribution in [0.1, 0.15) is 18.3 Å². The average molecular weight is 273 g/mol. The van der Waals surface area contributed by atoms with Gasteiger partial charge in [-0.05, 0) is 13.8 Å². The second kappa shape index (κ2) is 5.96. The lowest BCUT2D eigenvalue weighted by Gasteiger charge is -2.12. The smallest absolute Gasteiger partial charge is 0.151 e. The molecule has 0 unspecified atom stereocenters. The van der Waals surface area contributed by atoms with Crippen molar-refractivity contribution in [3.05, 3.63) is 11.4 Å². The minimum atomic E-state index is -2.97. The van der Waals surface area contributed by atoms with Gasteiger partial charge >= 0.3 is 0 Å². The zero-order valence-corrected chi connectivity index (χ0v) is 11.6. The molecule has 0 aliphatic heterocycles. The molecule has 18 heavy (non-hydrogen) atoms. The van der Waals surface area contributed by atoms with Gasteiger partial charge < -0.3 is 10.7 Å². The highest BCUT2D eigenvalue weighted by Crippen LogP contribution is 2.18. The molecule has 8 heteroatoms. The molecular formula is C10H19N5O2S. The van der Waals surface area contributed by atoms with Gasteiger partial charge in [0.05, 0.1) is 5.75 Å². The quantitative estimate of drug-likeness (QED) is 0.502. The van der Waals surface area contributed by atoms with Crippen molar-refractivity contribution in [2.75, 3.05) is 28.8 Å². The highest BCUT2D eigenvalue weighted by Gasteiger charge is 2.10. The molecule has 0 radical (unpaired) electrons. The van der Waals surface area contributed by atoms with E-state index in [0.717, 1.165) is 5.56 Å². The Morgan fingerprint density at radius 2 is 1.83 bits per heavy atom. The van der Waals surface area contributed by atoms with Gasteiger partial charge in [-0.25, -0.2) is 24.2 Å². The number of hydrogen-bond acceptors (Lipinski definition) is 7. The number of rotatable bonds is 6. The molecule has 0 aliphatic rings. The molecule has 0 bridgehead atoms. The van der Waals surface area contributed by atoms with Crippen LogP contribution in [0.3, 0.4) is 0 Å². The molecule has 1 rings (SSSR count). The van der Waals surface area contributed by atoms with E-state index in [9.17, 15) is 8.42 Å². The maximum Gasteiger partial charge on any atom is 0.151 e. The Morgan fingerprint density at radius 3 is 2.39 bits per heavy atom. The van der Waals surface area contributed by atoms with Crippen LogP contribution in [0, 0.1) is 13.8 Å². The highest BCUT2D eigenvalue weighted by atomic mass is 32.2. The molecule has 0 saturated carbocycles. The number of hydrogen-bond donors (Lipinski definition) is 3. The summed E-state index contributed by atoms with van der Waals surface area (Å²) in [6.07, 6.45) is 0. The van der Waals surface area contributed by atoms with Crippen molar-refractivity contribution in [2.45, 2.75) is 20.8 Å². The minimum absolute atomic E-state index is 0.0807. The zero-order valence-electron chi connectivity index (χ0n) is 10.8. The molecule has 1 aromatic heterocycles. The fourth-order valence-electron chi connectivity index (χ4n) is 1.41. The van der Waals surface area contributed by atoms with E-state index in [1.165, 1.54) is 0 Å². The van der Waals surface area contributed by atoms with Crippen LogP contribution in [0.2, 0.25) is 0 Å². The largest absolute Gasteiger partial charge is 0.369 e. The maximum absolute atomic E-state index is 11.4. The predicted molar refractivity (Wildman–Crippen MR) is 72.1 cm³/mol. The van der Waals surface area contributed by atoms with Crippen molar-refractivity contribution in [2.24, 2.45) is 5.84 Å². The SMILES string of the molecule is CCS(=O)(=O)CCNc1nc(C)nc(NN)c1C. The summed E-state index contributed by atoms with van der Waals surface area (Å²) in [5, 5.41) is 2.99. The Morgan fingerprint density at radius 1 is 1.22 bits per heavy atom. The van der Waals surface area contributed by atoms with Crippen LogP contribution >= 0.6 is 0 Å². The Labute approximate surface area is 107 Å². The molecule has 0 saturated heterocycles. The molecule has 102 valence electrons. The van der Waals surface area contributed by atoms with Gasteiger partial charge in [-0.15, -0.1) is 0 Å².